The molecule has 3 aromatic rings. The molecule has 0 aliphatic carbocycles. The molecule has 2 aromatic carbocycles. The lowest BCUT2D eigenvalue weighted by molar-refractivity contribution is 0.173. The Balaban J connectivity index is 1.50. The van der Waals surface area contributed by atoms with Gasteiger partial charge in [0, 0.05) is 29.6 Å². The van der Waals surface area contributed by atoms with Gasteiger partial charge in [-0.2, -0.15) is 0 Å². The lowest BCUT2D eigenvalue weighted by Crippen LogP contribution is -1.97. The number of hydrogen-bond donors (Lipinski definition) is 0. The number of benzene rings is 2. The molecule has 2 heterocycles. The van der Waals surface area contributed by atoms with Crippen molar-refractivity contribution in [3.05, 3.63) is 70.5 Å². The molecule has 0 saturated heterocycles. The Morgan fingerprint density at radius 2 is 1.76 bits per heavy atom. The highest BCUT2D eigenvalue weighted by Gasteiger charge is 2.13. The van der Waals surface area contributed by atoms with Crippen LogP contribution in [0.3, 0.4) is 0 Å². The summed E-state index contributed by atoms with van der Waals surface area (Å²) in [6, 6.07) is 13.0. The Labute approximate surface area is 154 Å². The molecule has 0 atom stereocenters. The van der Waals surface area contributed by atoms with Crippen LogP contribution in [0.1, 0.15) is 5.56 Å². The number of rotatable bonds is 4. The first kappa shape index (κ1) is 16.1. The summed E-state index contributed by atoms with van der Waals surface area (Å²) in [7, 11) is 0. The van der Waals surface area contributed by atoms with Gasteiger partial charge in [0.1, 0.15) is 12.4 Å². The molecular formula is C19H13Cl2NO3. The van der Waals surface area contributed by atoms with Gasteiger partial charge in [-0.25, -0.2) is 0 Å². The maximum Gasteiger partial charge on any atom is 0.231 e. The molecule has 126 valence electrons. The number of ether oxygens (including phenoxy) is 3. The molecule has 1 aliphatic heterocycles. The summed E-state index contributed by atoms with van der Waals surface area (Å²) in [6.07, 6.45) is 3.55. The van der Waals surface area contributed by atoms with Crippen molar-refractivity contribution in [1.82, 2.24) is 4.98 Å². The van der Waals surface area contributed by atoms with Crippen molar-refractivity contribution >= 4 is 23.2 Å². The Morgan fingerprint density at radius 3 is 2.64 bits per heavy atom. The Morgan fingerprint density at radius 1 is 0.880 bits per heavy atom. The first-order valence-electron chi connectivity index (χ1n) is 7.61. The average molecular weight is 374 g/mol. The summed E-state index contributed by atoms with van der Waals surface area (Å²) >= 11 is 12.1. The highest BCUT2D eigenvalue weighted by molar-refractivity contribution is 6.42. The summed E-state index contributed by atoms with van der Waals surface area (Å²) in [5, 5.41) is 1.04. The van der Waals surface area contributed by atoms with Crippen molar-refractivity contribution < 1.29 is 14.2 Å². The number of hydrogen-bond acceptors (Lipinski definition) is 4. The van der Waals surface area contributed by atoms with E-state index in [1.807, 2.05) is 36.4 Å². The zero-order valence-electron chi connectivity index (χ0n) is 13.0. The first-order chi connectivity index (χ1) is 12.2. The highest BCUT2D eigenvalue weighted by atomic mass is 35.5. The molecule has 4 nitrogen and oxygen atoms in total. The van der Waals surface area contributed by atoms with E-state index in [4.69, 9.17) is 37.4 Å². The summed E-state index contributed by atoms with van der Waals surface area (Å²) < 4.78 is 16.5. The van der Waals surface area contributed by atoms with Crippen LogP contribution >= 0.6 is 23.2 Å². The lowest BCUT2D eigenvalue weighted by Gasteiger charge is -2.09. The van der Waals surface area contributed by atoms with Crippen molar-refractivity contribution in [3.8, 4) is 28.4 Å². The summed E-state index contributed by atoms with van der Waals surface area (Å²) in [5.41, 5.74) is 2.85. The number of aromatic nitrogens is 1. The standard InChI is InChI=1S/C19H13Cl2NO3/c20-16-3-1-13(6-17(16)21)14-5-12(8-22-9-14)10-23-15-2-4-18-19(7-15)25-11-24-18/h1-9H,10-11H2. The molecule has 0 unspecified atom stereocenters. The van der Waals surface area contributed by atoms with Crippen LogP contribution in [0.4, 0.5) is 0 Å². The van der Waals surface area contributed by atoms with Crippen LogP contribution in [0.2, 0.25) is 10.0 Å². The maximum atomic E-state index is 6.09. The number of halogens is 2. The molecule has 0 radical (unpaired) electrons. The predicted molar refractivity (Wildman–Crippen MR) is 96.6 cm³/mol. The largest absolute Gasteiger partial charge is 0.489 e. The minimum atomic E-state index is 0.244. The van der Waals surface area contributed by atoms with E-state index in [2.05, 4.69) is 4.98 Å². The van der Waals surface area contributed by atoms with Crippen LogP contribution in [0.15, 0.2) is 54.9 Å². The average Bonchev–Trinajstić information content (AvgIpc) is 3.10. The molecule has 0 fully saturated rings. The normalized spacial score (nSPS) is 12.2. The van der Waals surface area contributed by atoms with Crippen molar-refractivity contribution in [2.24, 2.45) is 0 Å². The zero-order valence-corrected chi connectivity index (χ0v) is 14.6. The SMILES string of the molecule is Clc1ccc(-c2cncc(COc3ccc4c(c3)OCO4)c2)cc1Cl. The second-order valence-corrected chi connectivity index (χ2v) is 6.33. The quantitative estimate of drug-likeness (QED) is 0.616. The van der Waals surface area contributed by atoms with Crippen molar-refractivity contribution in [1.29, 1.82) is 0 Å². The molecule has 0 amide bonds. The van der Waals surface area contributed by atoms with Gasteiger partial charge >= 0.3 is 0 Å². The molecular weight excluding hydrogens is 361 g/mol. The molecule has 0 N–H and O–H groups in total. The second-order valence-electron chi connectivity index (χ2n) is 5.51. The number of nitrogens with zero attached hydrogens (tertiary/aromatic N) is 1. The van der Waals surface area contributed by atoms with Gasteiger partial charge in [-0.05, 0) is 35.9 Å². The Bertz CT molecular complexity index is 930. The fraction of sp³-hybridized carbons (Fsp3) is 0.105. The lowest BCUT2D eigenvalue weighted by atomic mass is 10.1. The fourth-order valence-corrected chi connectivity index (χ4v) is 2.83. The van der Waals surface area contributed by atoms with Crippen LogP contribution in [0, 0.1) is 0 Å². The van der Waals surface area contributed by atoms with Crippen molar-refractivity contribution in [2.75, 3.05) is 6.79 Å². The summed E-state index contributed by atoms with van der Waals surface area (Å²) in [4.78, 5) is 4.28. The molecule has 25 heavy (non-hydrogen) atoms. The van der Waals surface area contributed by atoms with E-state index in [1.165, 1.54) is 0 Å². The van der Waals surface area contributed by atoms with Gasteiger partial charge in [-0.3, -0.25) is 4.98 Å². The van der Waals surface area contributed by atoms with E-state index in [9.17, 15) is 0 Å². The van der Waals surface area contributed by atoms with Gasteiger partial charge in [0.15, 0.2) is 11.5 Å². The van der Waals surface area contributed by atoms with Gasteiger partial charge in [0.05, 0.1) is 10.0 Å². The van der Waals surface area contributed by atoms with Gasteiger partial charge in [0.25, 0.3) is 0 Å². The van der Waals surface area contributed by atoms with Gasteiger partial charge < -0.3 is 14.2 Å². The summed E-state index contributed by atoms with van der Waals surface area (Å²) in [6.45, 7) is 0.635. The van der Waals surface area contributed by atoms with Crippen LogP contribution in [-0.2, 0) is 6.61 Å². The third kappa shape index (κ3) is 3.50. The van der Waals surface area contributed by atoms with Gasteiger partial charge in [-0.1, -0.05) is 29.3 Å². The van der Waals surface area contributed by atoms with Crippen molar-refractivity contribution in [3.63, 3.8) is 0 Å². The number of pyridine rings is 1. The molecule has 0 saturated carbocycles. The summed E-state index contributed by atoms with van der Waals surface area (Å²) in [5.74, 6) is 2.14. The highest BCUT2D eigenvalue weighted by Crippen LogP contribution is 2.35. The topological polar surface area (TPSA) is 40.6 Å². The van der Waals surface area contributed by atoms with Gasteiger partial charge in [0.2, 0.25) is 6.79 Å². The van der Waals surface area contributed by atoms with Crippen LogP contribution < -0.4 is 14.2 Å². The first-order valence-corrected chi connectivity index (χ1v) is 8.36. The molecule has 0 bridgehead atoms. The molecule has 6 heteroatoms. The van der Waals surface area contributed by atoms with E-state index in [1.54, 1.807) is 18.5 Å². The molecule has 1 aromatic heterocycles. The minimum absolute atomic E-state index is 0.244. The van der Waals surface area contributed by atoms with E-state index in [0.29, 0.717) is 28.2 Å². The third-order valence-electron chi connectivity index (χ3n) is 3.80. The predicted octanol–water partition coefficient (Wildman–Crippen LogP) is 5.36. The Hall–Kier alpha value is -2.43. The van der Waals surface area contributed by atoms with E-state index >= 15 is 0 Å². The van der Waals surface area contributed by atoms with E-state index in [-0.39, 0.29) is 6.79 Å². The van der Waals surface area contributed by atoms with Gasteiger partial charge in [-0.15, -0.1) is 0 Å². The van der Waals surface area contributed by atoms with Crippen LogP contribution in [0.5, 0.6) is 17.2 Å². The number of fused-ring (bicyclic) bond motifs is 1. The monoisotopic (exact) mass is 373 g/mol. The fourth-order valence-electron chi connectivity index (χ4n) is 2.53. The molecule has 0 spiro atoms. The zero-order chi connectivity index (χ0) is 17.2. The maximum absolute atomic E-state index is 6.09. The molecule has 4 rings (SSSR count). The molecule has 1 aliphatic rings. The minimum Gasteiger partial charge on any atom is -0.489 e. The second kappa shape index (κ2) is 6.82. The van der Waals surface area contributed by atoms with E-state index < -0.39 is 0 Å². The van der Waals surface area contributed by atoms with E-state index in [0.717, 1.165) is 22.4 Å². The smallest absolute Gasteiger partial charge is 0.231 e. The van der Waals surface area contributed by atoms with Crippen molar-refractivity contribution in [2.45, 2.75) is 6.61 Å². The third-order valence-corrected chi connectivity index (χ3v) is 4.54. The Kier molecular flexibility index (Phi) is 4.38. The van der Waals surface area contributed by atoms with Crippen LogP contribution in [-0.4, -0.2) is 11.8 Å². The van der Waals surface area contributed by atoms with Crippen LogP contribution in [0.25, 0.3) is 11.1 Å².